The molecule has 0 aromatic heterocycles. The minimum Gasteiger partial charge on any atom is -0.298 e. The van der Waals surface area contributed by atoms with Crippen LogP contribution in [-0.2, 0) is 4.79 Å². The van der Waals surface area contributed by atoms with Crippen LogP contribution in [0.3, 0.4) is 0 Å². The van der Waals surface area contributed by atoms with Crippen molar-refractivity contribution >= 4 is 5.78 Å². The van der Waals surface area contributed by atoms with E-state index in [1.54, 1.807) is 0 Å². The van der Waals surface area contributed by atoms with Gasteiger partial charge >= 0.3 is 0 Å². The zero-order valence-electron chi connectivity index (χ0n) is 7.33. The molecule has 1 aliphatic heterocycles. The van der Waals surface area contributed by atoms with Gasteiger partial charge in [-0.25, -0.2) is 0 Å². The van der Waals surface area contributed by atoms with E-state index < -0.39 is 0 Å². The quantitative estimate of drug-likeness (QED) is 0.455. The summed E-state index contributed by atoms with van der Waals surface area (Å²) < 4.78 is 0. The first-order chi connectivity index (χ1) is 5.84. The summed E-state index contributed by atoms with van der Waals surface area (Å²) >= 11 is 0. The third-order valence-corrected chi connectivity index (χ3v) is 2.90. The van der Waals surface area contributed by atoms with E-state index in [-0.39, 0.29) is 6.04 Å². The van der Waals surface area contributed by atoms with Gasteiger partial charge in [-0.05, 0) is 12.8 Å². The first-order valence-electron chi connectivity index (χ1n) is 4.74. The second-order valence-electron chi connectivity index (χ2n) is 3.71. The van der Waals surface area contributed by atoms with Crippen LogP contribution in [0.5, 0.6) is 0 Å². The number of nitrogens with zero attached hydrogens (tertiary/aromatic N) is 1. The zero-order chi connectivity index (χ0) is 8.55. The number of carbonyl (C=O) groups is 1. The van der Waals surface area contributed by atoms with Crippen molar-refractivity contribution in [1.29, 1.82) is 0 Å². The van der Waals surface area contributed by atoms with Crippen LogP contribution in [0.15, 0.2) is 12.7 Å². The molecule has 2 nitrogen and oxygen atoms in total. The highest BCUT2D eigenvalue weighted by Gasteiger charge is 2.50. The molecule has 2 heteroatoms. The van der Waals surface area contributed by atoms with Crippen molar-refractivity contribution in [2.24, 2.45) is 0 Å². The monoisotopic (exact) mass is 165 g/mol. The van der Waals surface area contributed by atoms with Crippen LogP contribution in [0, 0.1) is 0 Å². The van der Waals surface area contributed by atoms with Crippen molar-refractivity contribution in [3.8, 4) is 0 Å². The molecule has 0 amide bonds. The topological polar surface area (TPSA) is 20.1 Å². The van der Waals surface area contributed by atoms with Gasteiger partial charge in [0, 0.05) is 19.0 Å². The molecule has 2 aliphatic rings. The molecule has 12 heavy (non-hydrogen) atoms. The van der Waals surface area contributed by atoms with Crippen molar-refractivity contribution in [2.75, 3.05) is 6.54 Å². The standard InChI is InChI=1S/C10H15NO/c1-2-7-11-8-5-3-4-6-9(12)10(8)11/h2,8,10H,1,3-7H2. The van der Waals surface area contributed by atoms with E-state index in [1.165, 1.54) is 12.8 Å². The molecular weight excluding hydrogens is 150 g/mol. The van der Waals surface area contributed by atoms with Gasteiger partial charge in [0.15, 0.2) is 5.78 Å². The summed E-state index contributed by atoms with van der Waals surface area (Å²) in [6.07, 6.45) is 6.23. The van der Waals surface area contributed by atoms with Crippen LogP contribution < -0.4 is 0 Å². The number of likely N-dealkylation sites (tertiary alicyclic amines) is 1. The lowest BCUT2D eigenvalue weighted by molar-refractivity contribution is -0.119. The maximum atomic E-state index is 11.5. The van der Waals surface area contributed by atoms with E-state index in [9.17, 15) is 4.79 Å². The SMILES string of the molecule is C=CCN1C2CCCCC(=O)C21. The van der Waals surface area contributed by atoms with Gasteiger partial charge in [-0.2, -0.15) is 0 Å². The Morgan fingerprint density at radius 1 is 1.58 bits per heavy atom. The lowest BCUT2D eigenvalue weighted by Gasteiger charge is -2.01. The Bertz CT molecular complexity index is 212. The Hall–Kier alpha value is -0.630. The van der Waals surface area contributed by atoms with Gasteiger partial charge in [0.1, 0.15) is 0 Å². The summed E-state index contributed by atoms with van der Waals surface area (Å²) in [5.74, 6) is 0.458. The van der Waals surface area contributed by atoms with Gasteiger partial charge in [-0.1, -0.05) is 12.5 Å². The van der Waals surface area contributed by atoms with E-state index in [0.29, 0.717) is 11.8 Å². The maximum Gasteiger partial charge on any atom is 0.151 e. The number of rotatable bonds is 2. The first-order valence-corrected chi connectivity index (χ1v) is 4.74. The Morgan fingerprint density at radius 2 is 2.42 bits per heavy atom. The summed E-state index contributed by atoms with van der Waals surface area (Å²) in [4.78, 5) is 13.7. The predicted molar refractivity (Wildman–Crippen MR) is 48.0 cm³/mol. The number of ketones is 1. The van der Waals surface area contributed by atoms with Crippen molar-refractivity contribution < 1.29 is 4.79 Å². The van der Waals surface area contributed by atoms with Crippen molar-refractivity contribution in [2.45, 2.75) is 37.8 Å². The van der Waals surface area contributed by atoms with Crippen molar-refractivity contribution in [3.05, 3.63) is 12.7 Å². The molecule has 0 spiro atoms. The number of Topliss-reactive ketones (excluding diaryl/α,β-unsaturated/α-hetero) is 1. The number of fused-ring (bicyclic) bond motifs is 1. The van der Waals surface area contributed by atoms with Crippen molar-refractivity contribution in [3.63, 3.8) is 0 Å². The van der Waals surface area contributed by atoms with Crippen LogP contribution in [0.1, 0.15) is 25.7 Å². The fraction of sp³-hybridized carbons (Fsp3) is 0.700. The minimum absolute atomic E-state index is 0.269. The number of carbonyl (C=O) groups excluding carboxylic acids is 1. The summed E-state index contributed by atoms with van der Waals surface area (Å²) in [6, 6.07) is 0.837. The third kappa shape index (κ3) is 1.20. The van der Waals surface area contributed by atoms with E-state index in [0.717, 1.165) is 19.4 Å². The van der Waals surface area contributed by atoms with Gasteiger partial charge in [0.05, 0.1) is 6.04 Å². The van der Waals surface area contributed by atoms with Crippen LogP contribution in [0.4, 0.5) is 0 Å². The first kappa shape index (κ1) is 7.99. The second kappa shape index (κ2) is 3.02. The predicted octanol–water partition coefficient (Wildman–Crippen LogP) is 1.37. The molecule has 0 N–H and O–H groups in total. The molecule has 1 saturated carbocycles. The molecule has 1 heterocycles. The summed E-state index contributed by atoms with van der Waals surface area (Å²) in [5.41, 5.74) is 0. The molecule has 1 aliphatic carbocycles. The molecule has 0 aromatic rings. The Morgan fingerprint density at radius 3 is 3.17 bits per heavy atom. The Balaban J connectivity index is 1.99. The highest BCUT2D eigenvalue weighted by Crippen LogP contribution is 2.36. The lowest BCUT2D eigenvalue weighted by Crippen LogP contribution is -2.12. The minimum atomic E-state index is 0.269. The number of hydrogen-bond acceptors (Lipinski definition) is 2. The van der Waals surface area contributed by atoms with E-state index in [2.05, 4.69) is 11.5 Å². The molecule has 2 rings (SSSR count). The van der Waals surface area contributed by atoms with Crippen LogP contribution >= 0.6 is 0 Å². The zero-order valence-corrected chi connectivity index (χ0v) is 7.33. The average molecular weight is 165 g/mol. The van der Waals surface area contributed by atoms with Gasteiger partial charge in [0.2, 0.25) is 0 Å². The van der Waals surface area contributed by atoms with Crippen molar-refractivity contribution in [1.82, 2.24) is 4.90 Å². The van der Waals surface area contributed by atoms with Gasteiger partial charge in [-0.15, -0.1) is 6.58 Å². The largest absolute Gasteiger partial charge is 0.298 e. The van der Waals surface area contributed by atoms with Crippen LogP contribution in [0.2, 0.25) is 0 Å². The molecule has 3 unspecified atom stereocenters. The highest BCUT2D eigenvalue weighted by molar-refractivity contribution is 5.88. The average Bonchev–Trinajstić information content (AvgIpc) is 2.74. The lowest BCUT2D eigenvalue weighted by atomic mass is 10.2. The Labute approximate surface area is 73.2 Å². The number of hydrogen-bond donors (Lipinski definition) is 0. The molecule has 1 saturated heterocycles. The van der Waals surface area contributed by atoms with E-state index >= 15 is 0 Å². The highest BCUT2D eigenvalue weighted by atomic mass is 16.1. The molecule has 66 valence electrons. The molecule has 0 aromatic carbocycles. The van der Waals surface area contributed by atoms with Crippen LogP contribution in [-0.4, -0.2) is 29.3 Å². The summed E-state index contributed by atoms with van der Waals surface area (Å²) in [7, 11) is 0. The molecule has 2 fully saturated rings. The van der Waals surface area contributed by atoms with Gasteiger partial charge in [-0.3, -0.25) is 9.69 Å². The van der Waals surface area contributed by atoms with Gasteiger partial charge in [0.25, 0.3) is 0 Å². The smallest absolute Gasteiger partial charge is 0.151 e. The third-order valence-electron chi connectivity index (χ3n) is 2.90. The Kier molecular flexibility index (Phi) is 2.01. The van der Waals surface area contributed by atoms with Gasteiger partial charge < -0.3 is 0 Å². The molecule has 3 atom stereocenters. The maximum absolute atomic E-state index is 11.5. The molecule has 0 radical (unpaired) electrons. The fourth-order valence-corrected chi connectivity index (χ4v) is 2.25. The van der Waals surface area contributed by atoms with E-state index in [1.807, 2.05) is 6.08 Å². The van der Waals surface area contributed by atoms with E-state index in [4.69, 9.17) is 0 Å². The summed E-state index contributed by atoms with van der Waals surface area (Å²) in [6.45, 7) is 4.58. The fourth-order valence-electron chi connectivity index (χ4n) is 2.25. The second-order valence-corrected chi connectivity index (χ2v) is 3.71. The summed E-state index contributed by atoms with van der Waals surface area (Å²) in [5, 5.41) is 0. The molecular formula is C10H15NO. The van der Waals surface area contributed by atoms with Crippen LogP contribution in [0.25, 0.3) is 0 Å². The molecule has 0 bridgehead atoms. The normalized spacial score (nSPS) is 40.0.